The van der Waals surface area contributed by atoms with E-state index in [1.54, 1.807) is 0 Å². The molecule has 284 valence electrons. The molecule has 12 rings (SSSR count). The first-order valence-electron chi connectivity index (χ1n) is 20.8. The van der Waals surface area contributed by atoms with Crippen LogP contribution in [0.3, 0.4) is 0 Å². The van der Waals surface area contributed by atoms with Gasteiger partial charge in [0.15, 0.2) is 5.82 Å². The molecule has 12 aromatic rings. The SMILES string of the molecule is c1ccc(-c2cccc(-c3cc(-c4ccc5c(c4)c4ccccc4n5-c4ccccc4)nc(-c4ccc(-c5c6ccccc6cc6c5ccc5ccccc56)cc4)n3)c2)cc1. The van der Waals surface area contributed by atoms with Gasteiger partial charge in [0, 0.05) is 33.2 Å². The number of hydrogen-bond acceptors (Lipinski definition) is 2. The highest BCUT2D eigenvalue weighted by molar-refractivity contribution is 6.20. The Morgan fingerprint density at radius 1 is 0.279 bits per heavy atom. The van der Waals surface area contributed by atoms with E-state index in [1.165, 1.54) is 59.7 Å². The predicted molar refractivity (Wildman–Crippen MR) is 256 cm³/mol. The van der Waals surface area contributed by atoms with Gasteiger partial charge in [0.05, 0.1) is 22.4 Å². The van der Waals surface area contributed by atoms with Crippen molar-refractivity contribution in [1.29, 1.82) is 0 Å². The van der Waals surface area contributed by atoms with Crippen LogP contribution in [0.4, 0.5) is 0 Å². The average molecular weight is 776 g/mol. The molecule has 61 heavy (non-hydrogen) atoms. The van der Waals surface area contributed by atoms with Gasteiger partial charge in [-0.25, -0.2) is 9.97 Å². The molecule has 10 aromatic carbocycles. The molecule has 0 saturated heterocycles. The van der Waals surface area contributed by atoms with Crippen LogP contribution in [0.2, 0.25) is 0 Å². The summed E-state index contributed by atoms with van der Waals surface area (Å²) in [5.74, 6) is 0.685. The first kappa shape index (κ1) is 34.9. The summed E-state index contributed by atoms with van der Waals surface area (Å²) in [6.45, 7) is 0. The molecule has 2 heterocycles. The Morgan fingerprint density at radius 3 is 1.67 bits per heavy atom. The summed E-state index contributed by atoms with van der Waals surface area (Å²) in [4.78, 5) is 10.7. The zero-order valence-corrected chi connectivity index (χ0v) is 33.2. The lowest BCUT2D eigenvalue weighted by atomic mass is 9.89. The van der Waals surface area contributed by atoms with Crippen molar-refractivity contribution in [2.24, 2.45) is 0 Å². The fourth-order valence-corrected chi connectivity index (χ4v) is 9.27. The van der Waals surface area contributed by atoms with Crippen LogP contribution in [0, 0.1) is 0 Å². The number of aromatic nitrogens is 3. The molecule has 0 aliphatic heterocycles. The lowest BCUT2D eigenvalue weighted by Gasteiger charge is -2.15. The van der Waals surface area contributed by atoms with Crippen molar-refractivity contribution in [3.8, 4) is 61.8 Å². The molecule has 0 radical (unpaired) electrons. The van der Waals surface area contributed by atoms with Crippen LogP contribution in [0.25, 0.3) is 116 Å². The number of hydrogen-bond donors (Lipinski definition) is 0. The smallest absolute Gasteiger partial charge is 0.160 e. The molecule has 0 aliphatic rings. The van der Waals surface area contributed by atoms with Gasteiger partial charge in [0.2, 0.25) is 0 Å². The van der Waals surface area contributed by atoms with E-state index >= 15 is 0 Å². The first-order valence-corrected chi connectivity index (χ1v) is 20.8. The third-order valence-electron chi connectivity index (χ3n) is 12.2. The Balaban J connectivity index is 1.03. The highest BCUT2D eigenvalue weighted by Crippen LogP contribution is 2.41. The second-order valence-electron chi connectivity index (χ2n) is 15.8. The van der Waals surface area contributed by atoms with Gasteiger partial charge in [-0.15, -0.1) is 0 Å². The summed E-state index contributed by atoms with van der Waals surface area (Å²) in [6, 6.07) is 80.5. The molecule has 0 N–H and O–H groups in total. The van der Waals surface area contributed by atoms with Crippen LogP contribution < -0.4 is 0 Å². The molecule has 0 saturated carbocycles. The van der Waals surface area contributed by atoms with Gasteiger partial charge in [0.25, 0.3) is 0 Å². The Morgan fingerprint density at radius 2 is 0.869 bits per heavy atom. The quantitative estimate of drug-likeness (QED) is 0.124. The fourth-order valence-electron chi connectivity index (χ4n) is 9.27. The highest BCUT2D eigenvalue weighted by Gasteiger charge is 2.17. The number of nitrogens with zero attached hydrogens (tertiary/aromatic N) is 3. The van der Waals surface area contributed by atoms with Crippen molar-refractivity contribution in [1.82, 2.24) is 14.5 Å². The summed E-state index contributed by atoms with van der Waals surface area (Å²) < 4.78 is 2.35. The molecule has 0 fully saturated rings. The number of fused-ring (bicyclic) bond motifs is 7. The largest absolute Gasteiger partial charge is 0.309 e. The minimum atomic E-state index is 0.685. The summed E-state index contributed by atoms with van der Waals surface area (Å²) >= 11 is 0. The van der Waals surface area contributed by atoms with E-state index < -0.39 is 0 Å². The number of benzene rings is 10. The maximum Gasteiger partial charge on any atom is 0.160 e. The standard InChI is InChI=1S/C58H37N3/c1-3-14-38(15-4-1)42-18-13-19-44(34-42)53-37-54(45-31-33-56-52(36-45)49-24-11-12-25-55(49)61(56)46-20-5-2-6-21-46)60-58(59-53)41-28-26-40(27-29-41)57-48-23-10-8-17-43(48)35-51-47-22-9-7-16-39(47)30-32-50(51)57/h1-37H. The summed E-state index contributed by atoms with van der Waals surface area (Å²) in [7, 11) is 0. The van der Waals surface area contributed by atoms with Gasteiger partial charge in [-0.05, 0) is 103 Å². The van der Waals surface area contributed by atoms with E-state index in [9.17, 15) is 0 Å². The minimum Gasteiger partial charge on any atom is -0.309 e. The lowest BCUT2D eigenvalue weighted by molar-refractivity contribution is 1.18. The molecule has 0 amide bonds. The fraction of sp³-hybridized carbons (Fsp3) is 0. The molecular weight excluding hydrogens is 739 g/mol. The molecule has 0 spiro atoms. The highest BCUT2D eigenvalue weighted by atomic mass is 15.0. The molecule has 0 unspecified atom stereocenters. The third kappa shape index (κ3) is 5.98. The van der Waals surface area contributed by atoms with Crippen molar-refractivity contribution in [3.05, 3.63) is 224 Å². The maximum absolute atomic E-state index is 5.35. The topological polar surface area (TPSA) is 30.7 Å². The predicted octanol–water partition coefficient (Wildman–Crippen LogP) is 15.4. The van der Waals surface area contributed by atoms with Crippen molar-refractivity contribution in [2.45, 2.75) is 0 Å². The zero-order chi connectivity index (χ0) is 40.3. The van der Waals surface area contributed by atoms with Gasteiger partial charge in [-0.2, -0.15) is 0 Å². The molecule has 2 aromatic heterocycles. The molecule has 0 atom stereocenters. The van der Waals surface area contributed by atoms with Crippen LogP contribution in [0.15, 0.2) is 224 Å². The molecule has 0 aliphatic carbocycles. The van der Waals surface area contributed by atoms with Gasteiger partial charge in [0.1, 0.15) is 0 Å². The number of para-hydroxylation sites is 2. The Hall–Kier alpha value is -8.14. The van der Waals surface area contributed by atoms with Crippen molar-refractivity contribution >= 4 is 54.1 Å². The summed E-state index contributed by atoms with van der Waals surface area (Å²) in [5.41, 5.74) is 13.0. The van der Waals surface area contributed by atoms with Gasteiger partial charge in [-0.1, -0.05) is 176 Å². The third-order valence-corrected chi connectivity index (χ3v) is 12.2. The minimum absolute atomic E-state index is 0.685. The molecule has 0 bridgehead atoms. The first-order chi connectivity index (χ1) is 30.2. The van der Waals surface area contributed by atoms with E-state index in [-0.39, 0.29) is 0 Å². The summed E-state index contributed by atoms with van der Waals surface area (Å²) in [5, 5.41) is 9.87. The summed E-state index contributed by atoms with van der Waals surface area (Å²) in [6.07, 6.45) is 0. The Labute approximate surface area is 353 Å². The van der Waals surface area contributed by atoms with Crippen molar-refractivity contribution < 1.29 is 0 Å². The van der Waals surface area contributed by atoms with E-state index in [0.29, 0.717) is 5.82 Å². The van der Waals surface area contributed by atoms with Crippen LogP contribution >= 0.6 is 0 Å². The van der Waals surface area contributed by atoms with E-state index in [4.69, 9.17) is 9.97 Å². The second kappa shape index (κ2) is 14.3. The molecule has 3 nitrogen and oxygen atoms in total. The van der Waals surface area contributed by atoms with Crippen molar-refractivity contribution in [3.63, 3.8) is 0 Å². The van der Waals surface area contributed by atoms with E-state index in [1.807, 2.05) is 0 Å². The van der Waals surface area contributed by atoms with Crippen LogP contribution in [-0.4, -0.2) is 14.5 Å². The molecular formula is C58H37N3. The molecule has 3 heteroatoms. The second-order valence-corrected chi connectivity index (χ2v) is 15.8. The van der Waals surface area contributed by atoms with Crippen LogP contribution in [-0.2, 0) is 0 Å². The van der Waals surface area contributed by atoms with E-state index in [0.717, 1.165) is 50.4 Å². The number of rotatable bonds is 6. The van der Waals surface area contributed by atoms with Crippen LogP contribution in [0.5, 0.6) is 0 Å². The van der Waals surface area contributed by atoms with E-state index in [2.05, 4.69) is 229 Å². The van der Waals surface area contributed by atoms with Crippen molar-refractivity contribution in [2.75, 3.05) is 0 Å². The average Bonchev–Trinajstić information content (AvgIpc) is 3.67. The lowest BCUT2D eigenvalue weighted by Crippen LogP contribution is -1.97. The monoisotopic (exact) mass is 775 g/mol. The zero-order valence-electron chi connectivity index (χ0n) is 33.2. The van der Waals surface area contributed by atoms with Crippen LogP contribution in [0.1, 0.15) is 0 Å². The maximum atomic E-state index is 5.35. The van der Waals surface area contributed by atoms with Gasteiger partial charge >= 0.3 is 0 Å². The Bertz CT molecular complexity index is 3620. The van der Waals surface area contributed by atoms with Gasteiger partial charge in [-0.3, -0.25) is 0 Å². The Kier molecular flexibility index (Phi) is 8.17. The van der Waals surface area contributed by atoms with Gasteiger partial charge < -0.3 is 4.57 Å². The normalized spacial score (nSPS) is 11.6.